The number of nitrogens with one attached hydrogen (secondary N) is 1. The van der Waals surface area contributed by atoms with Gasteiger partial charge in [-0.05, 0) is 71.5 Å². The van der Waals surface area contributed by atoms with Gasteiger partial charge in [-0.15, -0.1) is 0 Å². The zero-order chi connectivity index (χ0) is 28.8. The van der Waals surface area contributed by atoms with Gasteiger partial charge in [-0.25, -0.2) is 0 Å². The summed E-state index contributed by atoms with van der Waals surface area (Å²) in [6.45, 7) is 0. The highest BCUT2D eigenvalue weighted by Crippen LogP contribution is 2.54. The highest BCUT2D eigenvalue weighted by Gasteiger charge is 2.48. The van der Waals surface area contributed by atoms with Crippen LogP contribution in [0.2, 0.25) is 0 Å². The summed E-state index contributed by atoms with van der Waals surface area (Å²) in [6.07, 6.45) is 29.7. The van der Waals surface area contributed by atoms with Crippen LogP contribution >= 0.6 is 0 Å². The standard InChI is InChI=1S/C40H42N2O/c43-39-18-10-9-15-30(39)28-19-21-33-34-22-20-29(24-36(34)32-17-8-7-16-31(32)35(33)23-28)38-25-37(26-11-3-1-4-12-26)41-40(42-38)27-13-5-2-6-14-27/h1-8,11-14,16-17,19-24,30-39,43H,9-10,15,18,25H2,(H,41,42). The molecule has 6 aliphatic rings. The molecule has 0 bridgehead atoms. The number of aliphatic hydroxyl groups is 1. The van der Waals surface area contributed by atoms with Gasteiger partial charge in [-0.3, -0.25) is 4.99 Å². The number of rotatable bonds is 4. The zero-order valence-electron chi connectivity index (χ0n) is 24.8. The monoisotopic (exact) mass is 566 g/mol. The summed E-state index contributed by atoms with van der Waals surface area (Å²) >= 11 is 0. The van der Waals surface area contributed by atoms with Gasteiger partial charge in [0.1, 0.15) is 5.84 Å². The molecule has 5 aliphatic carbocycles. The molecule has 2 fully saturated rings. The van der Waals surface area contributed by atoms with Gasteiger partial charge >= 0.3 is 0 Å². The van der Waals surface area contributed by atoms with Crippen molar-refractivity contribution in [2.24, 2.45) is 46.4 Å². The number of hydrogen-bond donors (Lipinski definition) is 2. The van der Waals surface area contributed by atoms with Crippen LogP contribution in [0.4, 0.5) is 0 Å². The first-order valence-corrected chi connectivity index (χ1v) is 16.5. The minimum Gasteiger partial charge on any atom is -0.392 e. The molecule has 2 aromatic rings. The number of allylic oxidation sites excluding steroid dienone is 9. The van der Waals surface area contributed by atoms with Crippen molar-refractivity contribution >= 4 is 5.84 Å². The van der Waals surface area contributed by atoms with E-state index in [1.165, 1.54) is 23.1 Å². The van der Waals surface area contributed by atoms with E-state index in [2.05, 4.69) is 127 Å². The maximum atomic E-state index is 10.8. The third-order valence-corrected chi connectivity index (χ3v) is 11.1. The molecule has 10 unspecified atom stereocenters. The summed E-state index contributed by atoms with van der Waals surface area (Å²) in [6, 6.07) is 21.7. The van der Waals surface area contributed by atoms with Crippen LogP contribution in [0.3, 0.4) is 0 Å². The summed E-state index contributed by atoms with van der Waals surface area (Å²) in [4.78, 5) is 5.22. The number of amidine groups is 1. The van der Waals surface area contributed by atoms with E-state index in [4.69, 9.17) is 4.99 Å². The van der Waals surface area contributed by atoms with E-state index >= 15 is 0 Å². The molecule has 2 N–H and O–H groups in total. The molecule has 10 atom stereocenters. The minimum absolute atomic E-state index is 0.121. The van der Waals surface area contributed by atoms with Gasteiger partial charge in [0.05, 0.1) is 18.2 Å². The predicted octanol–water partition coefficient (Wildman–Crippen LogP) is 7.92. The first-order chi connectivity index (χ1) is 21.2. The Morgan fingerprint density at radius 1 is 0.651 bits per heavy atom. The molecule has 3 heteroatoms. The summed E-state index contributed by atoms with van der Waals surface area (Å²) in [5.74, 6) is 4.16. The molecule has 0 aromatic heterocycles. The maximum absolute atomic E-state index is 10.8. The largest absolute Gasteiger partial charge is 0.392 e. The van der Waals surface area contributed by atoms with Gasteiger partial charge < -0.3 is 10.4 Å². The predicted molar refractivity (Wildman–Crippen MR) is 175 cm³/mol. The summed E-state index contributed by atoms with van der Waals surface area (Å²) < 4.78 is 0. The molecule has 218 valence electrons. The van der Waals surface area contributed by atoms with Crippen LogP contribution in [0.5, 0.6) is 0 Å². The Labute approximate surface area is 256 Å². The molecule has 2 aromatic carbocycles. The van der Waals surface area contributed by atoms with Crippen LogP contribution in [0.15, 0.2) is 138 Å². The minimum atomic E-state index is -0.192. The van der Waals surface area contributed by atoms with Crippen molar-refractivity contribution in [1.82, 2.24) is 5.32 Å². The second-order valence-electron chi connectivity index (χ2n) is 13.4. The Kier molecular flexibility index (Phi) is 7.15. The number of benzene rings is 2. The van der Waals surface area contributed by atoms with E-state index in [1.54, 1.807) is 0 Å². The third kappa shape index (κ3) is 5.02. The van der Waals surface area contributed by atoms with Crippen LogP contribution in [0, 0.1) is 41.4 Å². The van der Waals surface area contributed by atoms with Crippen molar-refractivity contribution in [1.29, 1.82) is 0 Å². The fraction of sp³-hybridized carbons (Fsp3) is 0.375. The van der Waals surface area contributed by atoms with Crippen molar-refractivity contribution in [3.63, 3.8) is 0 Å². The van der Waals surface area contributed by atoms with E-state index in [0.717, 1.165) is 37.1 Å². The molecule has 3 nitrogen and oxygen atoms in total. The van der Waals surface area contributed by atoms with E-state index in [9.17, 15) is 5.11 Å². The van der Waals surface area contributed by atoms with Gasteiger partial charge in [-0.2, -0.15) is 0 Å². The Balaban J connectivity index is 1.10. The summed E-state index contributed by atoms with van der Waals surface area (Å²) in [7, 11) is 0. The Bertz CT molecular complexity index is 1540. The van der Waals surface area contributed by atoms with Crippen LogP contribution in [-0.2, 0) is 0 Å². The maximum Gasteiger partial charge on any atom is 0.129 e. The molecule has 2 saturated carbocycles. The van der Waals surface area contributed by atoms with E-state index in [0.29, 0.717) is 41.4 Å². The lowest BCUT2D eigenvalue weighted by Gasteiger charge is -2.51. The van der Waals surface area contributed by atoms with Crippen molar-refractivity contribution in [3.05, 3.63) is 144 Å². The summed E-state index contributed by atoms with van der Waals surface area (Å²) in [5.41, 5.74) is 5.20. The van der Waals surface area contributed by atoms with Crippen LogP contribution in [0.1, 0.15) is 49.3 Å². The highest BCUT2D eigenvalue weighted by atomic mass is 16.3. The number of fused-ring (bicyclic) bond motifs is 6. The third-order valence-electron chi connectivity index (χ3n) is 11.1. The molecular weight excluding hydrogens is 524 g/mol. The first-order valence-electron chi connectivity index (χ1n) is 16.5. The Morgan fingerprint density at radius 3 is 1.95 bits per heavy atom. The lowest BCUT2D eigenvalue weighted by molar-refractivity contribution is 0.0845. The van der Waals surface area contributed by atoms with Gasteiger partial charge in [0.15, 0.2) is 0 Å². The molecule has 43 heavy (non-hydrogen) atoms. The van der Waals surface area contributed by atoms with E-state index in [-0.39, 0.29) is 18.2 Å². The quantitative estimate of drug-likeness (QED) is 0.395. The Morgan fingerprint density at radius 2 is 1.26 bits per heavy atom. The smallest absolute Gasteiger partial charge is 0.129 e. The molecule has 0 radical (unpaired) electrons. The number of nitrogens with zero attached hydrogens (tertiary/aromatic N) is 1. The van der Waals surface area contributed by atoms with Crippen molar-refractivity contribution in [2.75, 3.05) is 0 Å². The number of aliphatic imine (C=N–C) groups is 1. The molecule has 0 spiro atoms. The average Bonchev–Trinajstić information content (AvgIpc) is 3.09. The molecule has 1 heterocycles. The van der Waals surface area contributed by atoms with Crippen molar-refractivity contribution < 1.29 is 5.11 Å². The fourth-order valence-electron chi connectivity index (χ4n) is 8.93. The summed E-state index contributed by atoms with van der Waals surface area (Å²) in [5, 5.41) is 14.7. The molecule has 1 aliphatic heterocycles. The lowest BCUT2D eigenvalue weighted by atomic mass is 9.53. The van der Waals surface area contributed by atoms with E-state index < -0.39 is 0 Å². The molecule has 0 amide bonds. The topological polar surface area (TPSA) is 44.6 Å². The van der Waals surface area contributed by atoms with Gasteiger partial charge in [0, 0.05) is 11.5 Å². The van der Waals surface area contributed by atoms with Gasteiger partial charge in [0.2, 0.25) is 0 Å². The fourth-order valence-corrected chi connectivity index (χ4v) is 8.93. The number of hydrogen-bond acceptors (Lipinski definition) is 3. The second-order valence-corrected chi connectivity index (χ2v) is 13.4. The number of aliphatic hydroxyl groups excluding tert-OH is 1. The average molecular weight is 567 g/mol. The van der Waals surface area contributed by atoms with Crippen LogP contribution in [-0.4, -0.2) is 23.1 Å². The lowest BCUT2D eigenvalue weighted by Crippen LogP contribution is -2.47. The SMILES string of the molecule is OC1CCCCC1C1=CC2C3C=CC=CC3C3C=C(C4CC(c5ccccc5)N=C(c5ccccc5)N4)C=CC3C2C=C1. The zero-order valence-corrected chi connectivity index (χ0v) is 24.8. The Hall–Kier alpha value is -3.69. The van der Waals surface area contributed by atoms with Crippen LogP contribution in [0.25, 0.3) is 0 Å². The molecular formula is C40H42N2O. The molecule has 0 saturated heterocycles. The van der Waals surface area contributed by atoms with Gasteiger partial charge in [-0.1, -0.05) is 134 Å². The first kappa shape index (κ1) is 26.9. The normalized spacial score (nSPS) is 37.7. The van der Waals surface area contributed by atoms with E-state index in [1.807, 2.05) is 0 Å². The van der Waals surface area contributed by atoms with Gasteiger partial charge in [0.25, 0.3) is 0 Å². The van der Waals surface area contributed by atoms with Crippen LogP contribution < -0.4 is 5.32 Å². The highest BCUT2D eigenvalue weighted by molar-refractivity contribution is 5.99. The van der Waals surface area contributed by atoms with Crippen molar-refractivity contribution in [2.45, 2.75) is 50.3 Å². The molecule has 8 rings (SSSR count). The van der Waals surface area contributed by atoms with Crippen molar-refractivity contribution in [3.8, 4) is 0 Å². The second kappa shape index (κ2) is 11.4.